The van der Waals surface area contributed by atoms with Crippen LogP contribution in [0.1, 0.15) is 44.1 Å². The molecule has 1 aromatic carbocycles. The van der Waals surface area contributed by atoms with Crippen LogP contribution >= 0.6 is 0 Å². The van der Waals surface area contributed by atoms with E-state index in [1.54, 1.807) is 25.5 Å². The van der Waals surface area contributed by atoms with Crippen LogP contribution < -0.4 is 16.4 Å². The van der Waals surface area contributed by atoms with Crippen LogP contribution in [0.2, 0.25) is 0 Å². The molecule has 3 atom stereocenters. The molecule has 2 aromatic rings. The molecule has 10 heteroatoms. The first-order chi connectivity index (χ1) is 15.1. The van der Waals surface area contributed by atoms with E-state index in [0.717, 1.165) is 18.4 Å². The maximum absolute atomic E-state index is 13.1. The molecule has 2 rings (SSSR count). The molecule has 0 fully saturated rings. The quantitative estimate of drug-likeness (QED) is 0.258. The molecule has 10 nitrogen and oxygen atoms in total. The van der Waals surface area contributed by atoms with Crippen LogP contribution in [0.15, 0.2) is 24.3 Å². The maximum Gasteiger partial charge on any atom is 0.273 e. The summed E-state index contributed by atoms with van der Waals surface area (Å²) < 4.78 is 1.78. The topological polar surface area (TPSA) is 163 Å². The molecule has 1 heterocycles. The van der Waals surface area contributed by atoms with E-state index in [9.17, 15) is 19.8 Å². The molecule has 1 unspecified atom stereocenters. The molecule has 0 aliphatic heterocycles. The highest BCUT2D eigenvalue weighted by Crippen LogP contribution is 2.22. The summed E-state index contributed by atoms with van der Waals surface area (Å²) in [6.45, 7) is 5.73. The number of aromatic nitrogens is 2. The van der Waals surface area contributed by atoms with Gasteiger partial charge in [0, 0.05) is 18.5 Å². The minimum absolute atomic E-state index is 0.228. The maximum atomic E-state index is 13.1. The van der Waals surface area contributed by atoms with E-state index in [0.29, 0.717) is 18.5 Å². The number of amides is 2. The average Bonchev–Trinajstić information content (AvgIpc) is 3.13. The number of carbonyl (C=O) groups is 2. The van der Waals surface area contributed by atoms with Crippen LogP contribution in [-0.4, -0.2) is 74.9 Å². The van der Waals surface area contributed by atoms with Gasteiger partial charge in [-0.2, -0.15) is 5.10 Å². The van der Waals surface area contributed by atoms with Crippen molar-refractivity contribution in [3.63, 3.8) is 0 Å². The van der Waals surface area contributed by atoms with Crippen molar-refractivity contribution in [3.8, 4) is 0 Å². The molecule has 7 N–H and O–H groups in total. The first kappa shape index (κ1) is 25.7. The number of aliphatic hydroxyl groups is 3. The zero-order chi connectivity index (χ0) is 23.9. The third-order valence-electron chi connectivity index (χ3n) is 5.22. The van der Waals surface area contributed by atoms with Crippen molar-refractivity contribution in [2.45, 2.75) is 58.4 Å². The summed E-state index contributed by atoms with van der Waals surface area (Å²) in [6.07, 6.45) is -1.02. The first-order valence-corrected chi connectivity index (χ1v) is 10.8. The smallest absolute Gasteiger partial charge is 0.273 e. The van der Waals surface area contributed by atoms with Crippen molar-refractivity contribution in [2.75, 3.05) is 19.7 Å². The number of nitrogens with zero attached hydrogens (tertiary/aromatic N) is 2. The van der Waals surface area contributed by atoms with E-state index in [4.69, 9.17) is 10.8 Å². The molecule has 2 amide bonds. The normalized spacial score (nSPS) is 14.7. The van der Waals surface area contributed by atoms with E-state index in [1.807, 2.05) is 24.3 Å². The second kappa shape index (κ2) is 11.4. The Morgan fingerprint density at radius 3 is 2.47 bits per heavy atom. The molecule has 178 valence electrons. The highest BCUT2D eigenvalue weighted by molar-refractivity contribution is 6.06. The average molecular weight is 450 g/mol. The van der Waals surface area contributed by atoms with Crippen LogP contribution in [-0.2, 0) is 11.3 Å². The summed E-state index contributed by atoms with van der Waals surface area (Å²) in [4.78, 5) is 25.9. The minimum Gasteiger partial charge on any atom is -0.394 e. The third kappa shape index (κ3) is 6.49. The Labute approximate surface area is 187 Å². The number of hydrogen-bond donors (Lipinski definition) is 6. The number of unbranched alkanes of at least 4 members (excludes halogenated alkanes) is 1. The molecular weight excluding hydrogens is 414 g/mol. The summed E-state index contributed by atoms with van der Waals surface area (Å²) in [6, 6.07) is 6.49. The van der Waals surface area contributed by atoms with Gasteiger partial charge in [0.2, 0.25) is 5.91 Å². The number of aliphatic hydroxyl groups excluding tert-OH is 3. The zero-order valence-electron chi connectivity index (χ0n) is 18.9. The number of nitrogens with one attached hydrogen (secondary N) is 2. The predicted octanol–water partition coefficient (Wildman–Crippen LogP) is -0.250. The van der Waals surface area contributed by atoms with E-state index in [2.05, 4.69) is 15.7 Å². The molecule has 1 aromatic heterocycles. The van der Waals surface area contributed by atoms with Crippen molar-refractivity contribution >= 4 is 22.7 Å². The fourth-order valence-electron chi connectivity index (χ4n) is 3.31. The lowest BCUT2D eigenvalue weighted by Gasteiger charge is -2.30. The molecule has 0 spiro atoms. The minimum atomic E-state index is -1.37. The Balaban J connectivity index is 2.21. The fraction of sp³-hybridized carbons (Fsp3) is 0.591. The number of carbonyl (C=O) groups excluding carboxylic acids is 2. The second-order valence-electron chi connectivity index (χ2n) is 8.92. The van der Waals surface area contributed by atoms with Gasteiger partial charge in [-0.1, -0.05) is 39.0 Å². The van der Waals surface area contributed by atoms with Gasteiger partial charge < -0.3 is 31.7 Å². The highest BCUT2D eigenvalue weighted by Gasteiger charge is 2.34. The van der Waals surface area contributed by atoms with E-state index < -0.39 is 42.1 Å². The van der Waals surface area contributed by atoms with Gasteiger partial charge in [0.1, 0.15) is 12.1 Å². The summed E-state index contributed by atoms with van der Waals surface area (Å²) in [7, 11) is 0. The van der Waals surface area contributed by atoms with Gasteiger partial charge in [0.15, 0.2) is 5.69 Å². The largest absolute Gasteiger partial charge is 0.394 e. The molecule has 32 heavy (non-hydrogen) atoms. The Bertz CT molecular complexity index is 908. The Kier molecular flexibility index (Phi) is 9.14. The van der Waals surface area contributed by atoms with Gasteiger partial charge in [-0.3, -0.25) is 14.3 Å². The van der Waals surface area contributed by atoms with Crippen LogP contribution in [0.25, 0.3) is 10.9 Å². The number of rotatable bonds is 11. The lowest BCUT2D eigenvalue weighted by Crippen LogP contribution is -2.55. The number of benzene rings is 1. The molecule has 0 bridgehead atoms. The van der Waals surface area contributed by atoms with Gasteiger partial charge in [0.05, 0.1) is 18.2 Å². The Morgan fingerprint density at radius 2 is 1.84 bits per heavy atom. The SMILES string of the molecule is CC(C)(C)C(NC(=O)c1nn(CCCCN)c2ccccc12)C(=O)NC[C@H](O)[C@@H](O)CO. The predicted molar refractivity (Wildman–Crippen MR) is 121 cm³/mol. The van der Waals surface area contributed by atoms with E-state index in [1.165, 1.54) is 0 Å². The Hall–Kier alpha value is -2.53. The number of nitrogens with two attached hydrogens (primary N) is 1. The van der Waals surface area contributed by atoms with Crippen LogP contribution in [0.3, 0.4) is 0 Å². The van der Waals surface area contributed by atoms with Crippen molar-refractivity contribution < 1.29 is 24.9 Å². The van der Waals surface area contributed by atoms with Gasteiger partial charge in [-0.25, -0.2) is 0 Å². The van der Waals surface area contributed by atoms with Crippen molar-refractivity contribution in [2.24, 2.45) is 11.1 Å². The van der Waals surface area contributed by atoms with Crippen molar-refractivity contribution in [1.29, 1.82) is 0 Å². The fourth-order valence-corrected chi connectivity index (χ4v) is 3.31. The van der Waals surface area contributed by atoms with E-state index >= 15 is 0 Å². The summed E-state index contributed by atoms with van der Waals surface area (Å²) in [5.41, 5.74) is 5.99. The first-order valence-electron chi connectivity index (χ1n) is 10.8. The molecule has 0 aliphatic rings. The Morgan fingerprint density at radius 1 is 1.16 bits per heavy atom. The number of aryl methyl sites for hydroxylation is 1. The lowest BCUT2D eigenvalue weighted by molar-refractivity contribution is -0.126. The molecule has 0 saturated carbocycles. The monoisotopic (exact) mass is 449 g/mol. The summed E-state index contributed by atoms with van der Waals surface area (Å²) >= 11 is 0. The molecule has 0 aliphatic carbocycles. The second-order valence-corrected chi connectivity index (χ2v) is 8.92. The van der Waals surface area contributed by atoms with Crippen molar-refractivity contribution in [1.82, 2.24) is 20.4 Å². The standard InChI is InChI=1S/C22H35N5O5/c1-22(2,3)19(21(32)24-12-16(29)17(30)13-28)25-20(31)18-14-8-4-5-9-15(14)27(26-18)11-7-6-10-23/h4-5,8-9,16-17,19,28-30H,6-7,10-13,23H2,1-3H3,(H,24,32)(H,25,31)/t16-,17-,19?/m0/s1. The molecular formula is C22H35N5O5. The van der Waals surface area contributed by atoms with Crippen molar-refractivity contribution in [3.05, 3.63) is 30.0 Å². The van der Waals surface area contributed by atoms with Gasteiger partial charge >= 0.3 is 0 Å². The zero-order valence-corrected chi connectivity index (χ0v) is 18.9. The van der Waals surface area contributed by atoms with Gasteiger partial charge in [0.25, 0.3) is 5.91 Å². The van der Waals surface area contributed by atoms with Gasteiger partial charge in [-0.15, -0.1) is 0 Å². The van der Waals surface area contributed by atoms with Crippen LogP contribution in [0.4, 0.5) is 0 Å². The van der Waals surface area contributed by atoms with Crippen LogP contribution in [0, 0.1) is 5.41 Å². The number of fused-ring (bicyclic) bond motifs is 1. The highest BCUT2D eigenvalue weighted by atomic mass is 16.4. The van der Waals surface area contributed by atoms with Crippen LogP contribution in [0.5, 0.6) is 0 Å². The van der Waals surface area contributed by atoms with Gasteiger partial charge in [-0.05, 0) is 30.9 Å². The summed E-state index contributed by atoms with van der Waals surface area (Å²) in [5, 5.41) is 38.7. The number of para-hydroxylation sites is 1. The molecule has 0 saturated heterocycles. The lowest BCUT2D eigenvalue weighted by atomic mass is 9.86. The number of hydrogen-bond acceptors (Lipinski definition) is 7. The summed E-state index contributed by atoms with van der Waals surface area (Å²) in [5.74, 6) is -0.994. The third-order valence-corrected chi connectivity index (χ3v) is 5.22. The molecule has 0 radical (unpaired) electrons. The van der Waals surface area contributed by atoms with E-state index in [-0.39, 0.29) is 12.2 Å².